The maximum absolute atomic E-state index is 10.8. The zero-order chi connectivity index (χ0) is 34.1. The molecule has 0 saturated carbocycles. The topological polar surface area (TPSA) is 76.3 Å². The fraction of sp³-hybridized carbons (Fsp3) is 0. The van der Waals surface area contributed by atoms with Crippen LogP contribution in [0.2, 0.25) is 0 Å². The molecule has 0 aliphatic rings. The van der Waals surface area contributed by atoms with Crippen molar-refractivity contribution in [1.29, 1.82) is 15.8 Å². The van der Waals surface area contributed by atoms with Gasteiger partial charge in [0.05, 0.1) is 45.5 Å². The van der Waals surface area contributed by atoms with Crippen LogP contribution in [0.5, 0.6) is 0 Å². The van der Waals surface area contributed by atoms with E-state index in [0.717, 1.165) is 38.1 Å². The molecule has 0 spiro atoms. The Morgan fingerprint density at radius 1 is 0.420 bits per heavy atom. The summed E-state index contributed by atoms with van der Waals surface area (Å²) in [6.07, 6.45) is 0. The first-order chi connectivity index (χ1) is 24.7. The van der Waals surface area contributed by atoms with Gasteiger partial charge >= 0.3 is 0 Å². The molecule has 5 heteroatoms. The van der Waals surface area contributed by atoms with Crippen molar-refractivity contribution in [1.82, 2.24) is 4.57 Å². The Hall–Kier alpha value is -6.97. The molecule has 0 amide bonds. The molecule has 0 aliphatic carbocycles. The number of aromatic nitrogens is 1. The van der Waals surface area contributed by atoms with Crippen LogP contribution in [0.1, 0.15) is 16.7 Å². The van der Waals surface area contributed by atoms with Crippen LogP contribution in [-0.2, 0) is 0 Å². The lowest BCUT2D eigenvalue weighted by Crippen LogP contribution is -2.75. The normalized spacial score (nSPS) is 11.1. The van der Waals surface area contributed by atoms with Gasteiger partial charge in [0.1, 0.15) is 6.07 Å². The predicted molar refractivity (Wildman–Crippen MR) is 204 cm³/mol. The van der Waals surface area contributed by atoms with Crippen LogP contribution in [0.15, 0.2) is 170 Å². The van der Waals surface area contributed by atoms with Crippen molar-refractivity contribution in [3.8, 4) is 35.0 Å². The highest BCUT2D eigenvalue weighted by Gasteiger charge is 2.43. The van der Waals surface area contributed by atoms with Crippen molar-refractivity contribution < 1.29 is 0 Å². The van der Waals surface area contributed by atoms with Crippen molar-refractivity contribution in [3.05, 3.63) is 187 Å². The third-order valence-corrected chi connectivity index (χ3v) is 14.5. The zero-order valence-electron chi connectivity index (χ0n) is 27.0. The van der Waals surface area contributed by atoms with Crippen molar-refractivity contribution in [2.45, 2.75) is 0 Å². The Morgan fingerprint density at radius 3 is 1.56 bits per heavy atom. The SMILES string of the molecule is N#Cc1ccc2c(c1)c1ccccc1n2-c1cc(C#N)c(-c2ccccc2[Si](c2ccccc2)(c2ccccc2)c2ccccc2)cc1C#N. The maximum atomic E-state index is 10.8. The first kappa shape index (κ1) is 30.4. The van der Waals surface area contributed by atoms with Gasteiger partial charge in [-0.1, -0.05) is 133 Å². The third kappa shape index (κ3) is 4.72. The summed E-state index contributed by atoms with van der Waals surface area (Å²) in [5.74, 6) is 0. The molecule has 50 heavy (non-hydrogen) atoms. The Balaban J connectivity index is 1.45. The summed E-state index contributed by atoms with van der Waals surface area (Å²) in [5.41, 5.74) is 5.52. The summed E-state index contributed by atoms with van der Waals surface area (Å²) >= 11 is 0. The van der Waals surface area contributed by atoms with Crippen LogP contribution in [-0.4, -0.2) is 12.6 Å². The minimum Gasteiger partial charge on any atom is -0.308 e. The molecule has 0 unspecified atom stereocenters. The van der Waals surface area contributed by atoms with E-state index in [0.29, 0.717) is 22.4 Å². The van der Waals surface area contributed by atoms with Crippen LogP contribution in [0.25, 0.3) is 38.6 Å². The molecular formula is C45H28N4Si. The predicted octanol–water partition coefficient (Wildman–Crippen LogP) is 7.44. The van der Waals surface area contributed by atoms with E-state index in [-0.39, 0.29) is 0 Å². The lowest BCUT2D eigenvalue weighted by Gasteiger charge is -2.36. The van der Waals surface area contributed by atoms with Crippen LogP contribution in [0.3, 0.4) is 0 Å². The van der Waals surface area contributed by atoms with Crippen molar-refractivity contribution in [2.75, 3.05) is 0 Å². The number of para-hydroxylation sites is 1. The standard InChI is InChI=1S/C45H28N4Si/c46-29-32-24-25-43-41(26-32)38-20-10-12-22-42(38)49(43)44-28-33(30-47)40(27-34(44)31-48)39-21-11-13-23-45(39)50(35-14-4-1-5-15-35,36-16-6-2-7-17-36)37-18-8-3-9-19-37/h1-28H. The highest BCUT2D eigenvalue weighted by atomic mass is 28.3. The highest BCUT2D eigenvalue weighted by Crippen LogP contribution is 2.36. The first-order valence-corrected chi connectivity index (χ1v) is 18.4. The zero-order valence-corrected chi connectivity index (χ0v) is 28.0. The van der Waals surface area contributed by atoms with Crippen molar-refractivity contribution in [2.24, 2.45) is 0 Å². The van der Waals surface area contributed by atoms with E-state index in [4.69, 9.17) is 0 Å². The molecular weight excluding hydrogens is 625 g/mol. The minimum atomic E-state index is -2.96. The summed E-state index contributed by atoms with van der Waals surface area (Å²) < 4.78 is 2.04. The Bertz CT molecular complexity index is 2580. The van der Waals surface area contributed by atoms with Crippen molar-refractivity contribution in [3.63, 3.8) is 0 Å². The van der Waals surface area contributed by atoms with E-state index < -0.39 is 8.07 Å². The molecule has 8 aromatic rings. The molecule has 8 rings (SSSR count). The molecule has 0 bridgehead atoms. The Morgan fingerprint density at radius 2 is 0.960 bits per heavy atom. The smallest absolute Gasteiger partial charge is 0.180 e. The number of nitrogens with zero attached hydrogens (tertiary/aromatic N) is 4. The molecule has 0 saturated heterocycles. The van der Waals surface area contributed by atoms with E-state index >= 15 is 0 Å². The summed E-state index contributed by atoms with van der Waals surface area (Å²) in [6.45, 7) is 0. The second-order valence-corrected chi connectivity index (χ2v) is 16.0. The van der Waals surface area contributed by atoms with Crippen LogP contribution < -0.4 is 20.7 Å². The van der Waals surface area contributed by atoms with E-state index in [2.05, 4.69) is 109 Å². The quantitative estimate of drug-likeness (QED) is 0.138. The molecule has 4 nitrogen and oxygen atoms in total. The summed E-state index contributed by atoms with van der Waals surface area (Å²) in [4.78, 5) is 0. The highest BCUT2D eigenvalue weighted by molar-refractivity contribution is 7.20. The van der Waals surface area contributed by atoms with Gasteiger partial charge in [-0.15, -0.1) is 0 Å². The first-order valence-electron chi connectivity index (χ1n) is 16.4. The molecule has 0 radical (unpaired) electrons. The molecule has 0 atom stereocenters. The van der Waals surface area contributed by atoms with Gasteiger partial charge in [0.2, 0.25) is 0 Å². The molecule has 0 fully saturated rings. The molecule has 7 aromatic carbocycles. The Labute approximate surface area is 291 Å². The molecule has 0 aliphatic heterocycles. The van der Waals surface area contributed by atoms with E-state index in [1.54, 1.807) is 6.07 Å². The second-order valence-electron chi connectivity index (χ2n) is 12.2. The van der Waals surface area contributed by atoms with Gasteiger partial charge in [-0.3, -0.25) is 0 Å². The van der Waals surface area contributed by atoms with E-state index in [1.165, 1.54) is 15.6 Å². The lowest BCUT2D eigenvalue weighted by molar-refractivity contribution is 1.16. The van der Waals surface area contributed by atoms with E-state index in [1.807, 2.05) is 77.4 Å². The maximum Gasteiger partial charge on any atom is 0.180 e. The van der Waals surface area contributed by atoms with Gasteiger partial charge in [-0.05, 0) is 62.7 Å². The monoisotopic (exact) mass is 652 g/mol. The average Bonchev–Trinajstić information content (AvgIpc) is 3.52. The number of benzene rings is 7. The number of hydrogen-bond acceptors (Lipinski definition) is 3. The third-order valence-electron chi connectivity index (χ3n) is 9.66. The fourth-order valence-electron chi connectivity index (χ4n) is 7.56. The van der Waals surface area contributed by atoms with E-state index in [9.17, 15) is 15.8 Å². The molecule has 0 N–H and O–H groups in total. The largest absolute Gasteiger partial charge is 0.308 e. The Kier molecular flexibility index (Phi) is 7.63. The molecule has 1 aromatic heterocycles. The van der Waals surface area contributed by atoms with Crippen molar-refractivity contribution >= 4 is 50.6 Å². The summed E-state index contributed by atoms with van der Waals surface area (Å²) in [6, 6.07) is 65.0. The lowest BCUT2D eigenvalue weighted by atomic mass is 9.96. The number of hydrogen-bond donors (Lipinski definition) is 0. The number of nitriles is 3. The van der Waals surface area contributed by atoms with Gasteiger partial charge in [0.15, 0.2) is 8.07 Å². The number of fused-ring (bicyclic) bond motifs is 3. The van der Waals surface area contributed by atoms with Gasteiger partial charge in [0, 0.05) is 16.3 Å². The number of rotatable bonds is 6. The van der Waals surface area contributed by atoms with Gasteiger partial charge in [0.25, 0.3) is 0 Å². The fourth-order valence-corrected chi connectivity index (χ4v) is 12.5. The minimum absolute atomic E-state index is 0.451. The molecule has 232 valence electrons. The van der Waals surface area contributed by atoms with Gasteiger partial charge in [-0.25, -0.2) is 0 Å². The van der Waals surface area contributed by atoms with Crippen LogP contribution in [0, 0.1) is 34.0 Å². The van der Waals surface area contributed by atoms with Gasteiger partial charge in [-0.2, -0.15) is 15.8 Å². The van der Waals surface area contributed by atoms with Crippen LogP contribution in [0.4, 0.5) is 0 Å². The molecule has 1 heterocycles. The second kappa shape index (κ2) is 12.6. The van der Waals surface area contributed by atoms with Crippen LogP contribution >= 0.6 is 0 Å². The average molecular weight is 653 g/mol. The summed E-state index contributed by atoms with van der Waals surface area (Å²) in [5, 5.41) is 37.9. The van der Waals surface area contributed by atoms with Gasteiger partial charge < -0.3 is 4.57 Å². The summed E-state index contributed by atoms with van der Waals surface area (Å²) in [7, 11) is -2.96.